The first kappa shape index (κ1) is 8.10. The molecule has 1 aliphatic carbocycles. The van der Waals surface area contributed by atoms with Gasteiger partial charge < -0.3 is 4.42 Å². The molecule has 1 heterocycles. The van der Waals surface area contributed by atoms with Gasteiger partial charge in [0.2, 0.25) is 0 Å². The van der Waals surface area contributed by atoms with E-state index in [0.29, 0.717) is 5.42 Å². The van der Waals surface area contributed by atoms with Crippen molar-refractivity contribution in [1.29, 1.82) is 0 Å². The number of aromatic amines is 1. The number of H-pyrrole nitrogens is 1. The van der Waals surface area contributed by atoms with Crippen LogP contribution in [0.3, 0.4) is 0 Å². The largest absolute Gasteiger partial charge is 0.417 e. The van der Waals surface area contributed by atoms with Crippen LogP contribution in [0, 0.1) is 5.41 Å². The first-order valence-electron chi connectivity index (χ1n) is 4.18. The fraction of sp³-hybridized carbons (Fsp3) is 0.300. The first-order chi connectivity index (χ1) is 6.07. The molecular weight excluding hydrogens is 166 g/mol. The molecule has 3 nitrogen and oxygen atoms in total. The van der Waals surface area contributed by atoms with E-state index in [1.807, 2.05) is 12.2 Å². The summed E-state index contributed by atoms with van der Waals surface area (Å²) in [6.07, 6.45) is 7.73. The Hall–Kier alpha value is -1.51. The number of nitrogens with one attached hydrogen (secondary N) is 1. The zero-order chi connectivity index (χ0) is 9.47. The number of oxazole rings is 1. The van der Waals surface area contributed by atoms with Crippen LogP contribution in [0.15, 0.2) is 21.4 Å². The average molecular weight is 177 g/mol. The molecule has 0 unspecified atom stereocenters. The molecule has 0 saturated carbocycles. The van der Waals surface area contributed by atoms with Crippen molar-refractivity contribution in [2.24, 2.45) is 5.41 Å². The number of rotatable bonds is 0. The number of aromatic nitrogens is 1. The van der Waals surface area contributed by atoms with E-state index >= 15 is 0 Å². The van der Waals surface area contributed by atoms with Crippen LogP contribution >= 0.6 is 0 Å². The molecule has 68 valence electrons. The molecule has 1 N–H and O–H groups in total. The Balaban J connectivity index is 2.83. The minimum absolute atomic E-state index is 0.0471. The van der Waals surface area contributed by atoms with E-state index in [2.05, 4.69) is 24.9 Å². The summed E-state index contributed by atoms with van der Waals surface area (Å²) >= 11 is 0. The Bertz CT molecular complexity index is 514. The van der Waals surface area contributed by atoms with E-state index in [1.165, 1.54) is 0 Å². The van der Waals surface area contributed by atoms with Gasteiger partial charge in [-0.15, -0.1) is 0 Å². The first-order valence-corrected chi connectivity index (χ1v) is 4.18. The molecule has 0 spiro atoms. The van der Waals surface area contributed by atoms with Crippen molar-refractivity contribution in [3.8, 4) is 0 Å². The van der Waals surface area contributed by atoms with Gasteiger partial charge in [-0.1, -0.05) is 26.0 Å². The number of allylic oxidation sites excluding steroid dienone is 2. The third-order valence-electron chi connectivity index (χ3n) is 1.99. The summed E-state index contributed by atoms with van der Waals surface area (Å²) < 4.78 is 4.93. The Morgan fingerprint density at radius 3 is 3.00 bits per heavy atom. The number of fused-ring (bicyclic) bond motifs is 1. The molecular formula is C10H11NO2. The molecule has 1 aliphatic rings. The fourth-order valence-electron chi connectivity index (χ4n) is 1.39. The minimum atomic E-state index is -0.399. The number of hydrogen-bond acceptors (Lipinski definition) is 2. The van der Waals surface area contributed by atoms with E-state index in [-0.39, 0.29) is 5.41 Å². The Morgan fingerprint density at radius 2 is 2.23 bits per heavy atom. The second kappa shape index (κ2) is 2.49. The fourth-order valence-corrected chi connectivity index (χ4v) is 1.39. The lowest BCUT2D eigenvalue weighted by Gasteiger charge is -2.11. The molecule has 0 saturated heterocycles. The van der Waals surface area contributed by atoms with Crippen molar-refractivity contribution in [2.45, 2.75) is 13.8 Å². The molecule has 3 heteroatoms. The highest BCUT2D eigenvalue weighted by Crippen LogP contribution is 2.18. The Labute approximate surface area is 75.1 Å². The maximum atomic E-state index is 10.9. The maximum Gasteiger partial charge on any atom is 0.417 e. The molecule has 1 aromatic heterocycles. The molecule has 2 rings (SSSR count). The predicted octanol–water partition coefficient (Wildman–Crippen LogP) is 0.125. The van der Waals surface area contributed by atoms with Gasteiger partial charge in [0.1, 0.15) is 0 Å². The van der Waals surface area contributed by atoms with Gasteiger partial charge in [-0.05, 0) is 12.2 Å². The van der Waals surface area contributed by atoms with Gasteiger partial charge in [-0.2, -0.15) is 0 Å². The van der Waals surface area contributed by atoms with Gasteiger partial charge in [-0.3, -0.25) is 4.98 Å². The van der Waals surface area contributed by atoms with Gasteiger partial charge in [0.05, 0.1) is 5.35 Å². The van der Waals surface area contributed by atoms with E-state index in [1.54, 1.807) is 6.08 Å². The molecule has 0 radical (unpaired) electrons. The molecule has 0 amide bonds. The lowest BCUT2D eigenvalue weighted by atomic mass is 9.93. The van der Waals surface area contributed by atoms with Crippen LogP contribution in [0.4, 0.5) is 0 Å². The van der Waals surface area contributed by atoms with Crippen molar-refractivity contribution < 1.29 is 4.42 Å². The predicted molar refractivity (Wildman–Crippen MR) is 50.4 cm³/mol. The molecule has 0 fully saturated rings. The summed E-state index contributed by atoms with van der Waals surface area (Å²) in [6, 6.07) is 0. The van der Waals surface area contributed by atoms with Gasteiger partial charge >= 0.3 is 5.76 Å². The lowest BCUT2D eigenvalue weighted by Crippen LogP contribution is -2.24. The Kier molecular flexibility index (Phi) is 1.55. The second-order valence-corrected chi connectivity index (χ2v) is 3.78. The van der Waals surface area contributed by atoms with Gasteiger partial charge in [0.15, 0.2) is 5.42 Å². The monoisotopic (exact) mass is 177 g/mol. The van der Waals surface area contributed by atoms with Crippen molar-refractivity contribution >= 4 is 12.2 Å². The lowest BCUT2D eigenvalue weighted by molar-refractivity contribution is 0.486. The SMILES string of the molecule is CC1(C)C=CC=c2oc(=O)[nH]c2=C1. The van der Waals surface area contributed by atoms with E-state index < -0.39 is 5.76 Å². The van der Waals surface area contributed by atoms with Crippen LogP contribution in [0.2, 0.25) is 0 Å². The highest BCUT2D eigenvalue weighted by atomic mass is 16.4. The maximum absolute atomic E-state index is 10.9. The molecule has 0 aromatic carbocycles. The molecule has 13 heavy (non-hydrogen) atoms. The summed E-state index contributed by atoms with van der Waals surface area (Å²) in [7, 11) is 0. The van der Waals surface area contributed by atoms with Crippen molar-refractivity contribution in [3.05, 3.63) is 33.5 Å². The summed E-state index contributed by atoms with van der Waals surface area (Å²) in [5.74, 6) is -0.399. The van der Waals surface area contributed by atoms with Crippen molar-refractivity contribution in [1.82, 2.24) is 4.98 Å². The molecule has 0 atom stereocenters. The number of hydrogen-bond donors (Lipinski definition) is 1. The van der Waals surface area contributed by atoms with Crippen LogP contribution in [0.5, 0.6) is 0 Å². The summed E-state index contributed by atoms with van der Waals surface area (Å²) in [6.45, 7) is 4.13. The molecule has 0 bridgehead atoms. The van der Waals surface area contributed by atoms with E-state index in [4.69, 9.17) is 4.42 Å². The second-order valence-electron chi connectivity index (χ2n) is 3.78. The zero-order valence-corrected chi connectivity index (χ0v) is 7.63. The highest BCUT2D eigenvalue weighted by Gasteiger charge is 2.11. The van der Waals surface area contributed by atoms with Crippen LogP contribution in [-0.4, -0.2) is 4.98 Å². The average Bonchev–Trinajstić information content (AvgIpc) is 2.23. The normalized spacial score (nSPS) is 18.3. The van der Waals surface area contributed by atoms with Gasteiger partial charge in [0.25, 0.3) is 0 Å². The summed E-state index contributed by atoms with van der Waals surface area (Å²) in [5, 5.41) is 0.764. The van der Waals surface area contributed by atoms with E-state index in [9.17, 15) is 4.79 Å². The molecule has 0 aliphatic heterocycles. The summed E-state index contributed by atoms with van der Waals surface area (Å²) in [5.41, 5.74) is 0.556. The van der Waals surface area contributed by atoms with Crippen LogP contribution in [0.1, 0.15) is 13.8 Å². The zero-order valence-electron chi connectivity index (χ0n) is 7.63. The quantitative estimate of drug-likeness (QED) is 0.612. The van der Waals surface area contributed by atoms with Crippen molar-refractivity contribution in [2.75, 3.05) is 0 Å². The topological polar surface area (TPSA) is 46.0 Å². The third-order valence-corrected chi connectivity index (χ3v) is 1.99. The van der Waals surface area contributed by atoms with Crippen LogP contribution in [0.25, 0.3) is 12.2 Å². The van der Waals surface area contributed by atoms with Crippen molar-refractivity contribution in [3.63, 3.8) is 0 Å². The van der Waals surface area contributed by atoms with Gasteiger partial charge in [-0.25, -0.2) is 4.79 Å². The molecule has 1 aromatic rings. The van der Waals surface area contributed by atoms with Crippen LogP contribution in [-0.2, 0) is 0 Å². The third kappa shape index (κ3) is 1.49. The van der Waals surface area contributed by atoms with Gasteiger partial charge in [0, 0.05) is 5.41 Å². The smallest absolute Gasteiger partial charge is 0.408 e. The van der Waals surface area contributed by atoms with Crippen LogP contribution < -0.4 is 16.5 Å². The summed E-state index contributed by atoms with van der Waals surface area (Å²) in [4.78, 5) is 13.5. The minimum Gasteiger partial charge on any atom is -0.408 e. The Morgan fingerprint density at radius 1 is 1.46 bits per heavy atom. The standard InChI is InChI=1S/C10H11NO2/c1-10(2)5-3-4-8-7(6-10)11-9(12)13-8/h3-6H,1-2H3,(H,11,12). The van der Waals surface area contributed by atoms with E-state index in [0.717, 1.165) is 5.35 Å². The highest BCUT2D eigenvalue weighted by molar-refractivity contribution is 5.44.